The molecule has 0 aromatic rings. The molecule has 92 valence electrons. The fraction of sp³-hybridized carbons (Fsp3) is 0.750. The summed E-state index contributed by atoms with van der Waals surface area (Å²) in [6.45, 7) is 12.7. The SMILES string of the molecule is C=C(CC)CC(=C)CCCCCC1CC1C. The molecule has 0 aliphatic heterocycles. The number of unbranched alkanes of at least 4 members (excludes halogenated alkanes) is 2. The van der Waals surface area contributed by atoms with Gasteiger partial charge in [0.25, 0.3) is 0 Å². The van der Waals surface area contributed by atoms with Crippen molar-refractivity contribution < 1.29 is 0 Å². The Morgan fingerprint density at radius 1 is 1.12 bits per heavy atom. The lowest BCUT2D eigenvalue weighted by Crippen LogP contribution is -1.87. The normalized spacial score (nSPS) is 23.1. The second-order valence-electron chi connectivity index (χ2n) is 5.60. The maximum Gasteiger partial charge on any atom is -0.0114 e. The highest BCUT2D eigenvalue weighted by Crippen LogP contribution is 2.41. The van der Waals surface area contributed by atoms with Crippen molar-refractivity contribution in [3.63, 3.8) is 0 Å². The molecule has 0 saturated heterocycles. The number of allylic oxidation sites excluding steroid dienone is 2. The zero-order valence-corrected chi connectivity index (χ0v) is 11.2. The van der Waals surface area contributed by atoms with Gasteiger partial charge in [-0.2, -0.15) is 0 Å². The molecule has 0 heterocycles. The van der Waals surface area contributed by atoms with Crippen LogP contribution in [0.4, 0.5) is 0 Å². The molecule has 1 saturated carbocycles. The van der Waals surface area contributed by atoms with Crippen LogP contribution in [-0.2, 0) is 0 Å². The Kier molecular flexibility index (Phi) is 5.87. The van der Waals surface area contributed by atoms with Crippen LogP contribution in [0.2, 0.25) is 0 Å². The summed E-state index contributed by atoms with van der Waals surface area (Å²) < 4.78 is 0. The van der Waals surface area contributed by atoms with E-state index in [0.29, 0.717) is 0 Å². The van der Waals surface area contributed by atoms with Crippen LogP contribution < -0.4 is 0 Å². The fourth-order valence-corrected chi connectivity index (χ4v) is 2.33. The summed E-state index contributed by atoms with van der Waals surface area (Å²) in [5.74, 6) is 2.10. The Bertz CT molecular complexity index is 236. The van der Waals surface area contributed by atoms with E-state index in [2.05, 4.69) is 27.0 Å². The molecular formula is C16H28. The molecule has 16 heavy (non-hydrogen) atoms. The average molecular weight is 220 g/mol. The van der Waals surface area contributed by atoms with Crippen molar-refractivity contribution in [1.29, 1.82) is 0 Å². The van der Waals surface area contributed by atoms with Crippen molar-refractivity contribution in [2.45, 2.75) is 65.2 Å². The van der Waals surface area contributed by atoms with Gasteiger partial charge in [0.2, 0.25) is 0 Å². The Morgan fingerprint density at radius 2 is 1.81 bits per heavy atom. The molecule has 2 atom stereocenters. The number of hydrogen-bond acceptors (Lipinski definition) is 0. The smallest absolute Gasteiger partial charge is 0.0114 e. The fourth-order valence-electron chi connectivity index (χ4n) is 2.33. The van der Waals surface area contributed by atoms with Crippen LogP contribution in [0, 0.1) is 11.8 Å². The van der Waals surface area contributed by atoms with Gasteiger partial charge >= 0.3 is 0 Å². The van der Waals surface area contributed by atoms with E-state index in [1.54, 1.807) is 0 Å². The molecule has 0 aromatic carbocycles. The maximum absolute atomic E-state index is 4.14. The molecule has 1 aliphatic rings. The van der Waals surface area contributed by atoms with Crippen LogP contribution in [0.15, 0.2) is 24.3 Å². The summed E-state index contributed by atoms with van der Waals surface area (Å²) in [6, 6.07) is 0. The Balaban J connectivity index is 1.90. The molecule has 1 fully saturated rings. The van der Waals surface area contributed by atoms with Gasteiger partial charge in [0, 0.05) is 0 Å². The van der Waals surface area contributed by atoms with Gasteiger partial charge in [0.05, 0.1) is 0 Å². The Morgan fingerprint density at radius 3 is 2.38 bits per heavy atom. The first kappa shape index (κ1) is 13.5. The molecule has 0 spiro atoms. The third kappa shape index (κ3) is 5.53. The molecule has 0 heteroatoms. The first-order valence-corrected chi connectivity index (χ1v) is 6.96. The summed E-state index contributed by atoms with van der Waals surface area (Å²) in [5.41, 5.74) is 2.71. The lowest BCUT2D eigenvalue weighted by Gasteiger charge is -2.06. The first-order chi connectivity index (χ1) is 7.63. The predicted molar refractivity (Wildman–Crippen MR) is 73.5 cm³/mol. The molecule has 0 bridgehead atoms. The van der Waals surface area contributed by atoms with Gasteiger partial charge in [-0.3, -0.25) is 0 Å². The third-order valence-corrected chi connectivity index (χ3v) is 3.88. The lowest BCUT2D eigenvalue weighted by molar-refractivity contribution is 0.579. The lowest BCUT2D eigenvalue weighted by atomic mass is 10.00. The van der Waals surface area contributed by atoms with E-state index < -0.39 is 0 Å². The zero-order chi connectivity index (χ0) is 12.0. The quantitative estimate of drug-likeness (QED) is 0.355. The van der Waals surface area contributed by atoms with Gasteiger partial charge in [-0.15, -0.1) is 0 Å². The zero-order valence-electron chi connectivity index (χ0n) is 11.2. The van der Waals surface area contributed by atoms with Gasteiger partial charge in [0.1, 0.15) is 0 Å². The highest BCUT2D eigenvalue weighted by molar-refractivity contribution is 5.08. The molecule has 0 amide bonds. The van der Waals surface area contributed by atoms with Crippen molar-refractivity contribution in [2.75, 3.05) is 0 Å². The minimum absolute atomic E-state index is 1.03. The average Bonchev–Trinajstić information content (AvgIpc) is 2.94. The number of hydrogen-bond donors (Lipinski definition) is 0. The van der Waals surface area contributed by atoms with E-state index in [9.17, 15) is 0 Å². The van der Waals surface area contributed by atoms with Crippen LogP contribution in [0.3, 0.4) is 0 Å². The largest absolute Gasteiger partial charge is 0.0995 e. The van der Waals surface area contributed by atoms with Gasteiger partial charge in [-0.1, -0.05) is 57.4 Å². The summed E-state index contributed by atoms with van der Waals surface area (Å²) in [6.07, 6.45) is 10.5. The van der Waals surface area contributed by atoms with Crippen molar-refractivity contribution in [3.05, 3.63) is 24.3 Å². The van der Waals surface area contributed by atoms with E-state index in [0.717, 1.165) is 24.7 Å². The topological polar surface area (TPSA) is 0 Å². The van der Waals surface area contributed by atoms with Gasteiger partial charge in [-0.05, 0) is 43.9 Å². The minimum atomic E-state index is 1.03. The molecule has 1 rings (SSSR count). The van der Waals surface area contributed by atoms with E-state index >= 15 is 0 Å². The molecular weight excluding hydrogens is 192 g/mol. The standard InChI is InChI=1S/C16H28/c1-5-13(2)11-14(3)9-7-6-8-10-16-12-15(16)4/h15-16H,2-3,5-12H2,1,4H3. The second-order valence-corrected chi connectivity index (χ2v) is 5.60. The number of rotatable bonds is 9. The summed E-state index contributed by atoms with van der Waals surface area (Å²) in [5, 5.41) is 0. The predicted octanol–water partition coefficient (Wildman–Crippen LogP) is 5.51. The van der Waals surface area contributed by atoms with Crippen molar-refractivity contribution in [2.24, 2.45) is 11.8 Å². The minimum Gasteiger partial charge on any atom is -0.0995 e. The first-order valence-electron chi connectivity index (χ1n) is 6.96. The second kappa shape index (κ2) is 6.93. The van der Waals surface area contributed by atoms with Crippen LogP contribution in [0.1, 0.15) is 65.2 Å². The van der Waals surface area contributed by atoms with Crippen molar-refractivity contribution in [1.82, 2.24) is 0 Å². The van der Waals surface area contributed by atoms with Crippen LogP contribution in [0.25, 0.3) is 0 Å². The van der Waals surface area contributed by atoms with Gasteiger partial charge < -0.3 is 0 Å². The third-order valence-electron chi connectivity index (χ3n) is 3.88. The highest BCUT2D eigenvalue weighted by atomic mass is 14.4. The van der Waals surface area contributed by atoms with Crippen LogP contribution >= 0.6 is 0 Å². The Hall–Kier alpha value is -0.520. The maximum atomic E-state index is 4.14. The van der Waals surface area contributed by atoms with Crippen molar-refractivity contribution >= 4 is 0 Å². The van der Waals surface area contributed by atoms with E-state index in [-0.39, 0.29) is 0 Å². The molecule has 0 aromatic heterocycles. The molecule has 0 nitrogen and oxygen atoms in total. The molecule has 0 radical (unpaired) electrons. The monoisotopic (exact) mass is 220 g/mol. The van der Waals surface area contributed by atoms with Crippen molar-refractivity contribution in [3.8, 4) is 0 Å². The molecule has 2 unspecified atom stereocenters. The Labute approximate surface area is 102 Å². The van der Waals surface area contributed by atoms with E-state index in [1.807, 2.05) is 0 Å². The van der Waals surface area contributed by atoms with E-state index in [1.165, 1.54) is 49.7 Å². The van der Waals surface area contributed by atoms with Crippen LogP contribution in [-0.4, -0.2) is 0 Å². The molecule has 1 aliphatic carbocycles. The van der Waals surface area contributed by atoms with Crippen LogP contribution in [0.5, 0.6) is 0 Å². The van der Waals surface area contributed by atoms with E-state index in [4.69, 9.17) is 0 Å². The highest BCUT2D eigenvalue weighted by Gasteiger charge is 2.31. The summed E-state index contributed by atoms with van der Waals surface area (Å²) in [7, 11) is 0. The van der Waals surface area contributed by atoms with Gasteiger partial charge in [0.15, 0.2) is 0 Å². The summed E-state index contributed by atoms with van der Waals surface area (Å²) in [4.78, 5) is 0. The molecule has 0 N–H and O–H groups in total. The van der Waals surface area contributed by atoms with Gasteiger partial charge in [-0.25, -0.2) is 0 Å². The summed E-state index contributed by atoms with van der Waals surface area (Å²) >= 11 is 0.